The first kappa shape index (κ1) is 20.4. The van der Waals surface area contributed by atoms with Gasteiger partial charge in [-0.2, -0.15) is 4.98 Å². The van der Waals surface area contributed by atoms with E-state index in [1.54, 1.807) is 22.8 Å². The summed E-state index contributed by atoms with van der Waals surface area (Å²) >= 11 is 3.39. The molecule has 0 bridgehead atoms. The third kappa shape index (κ3) is 3.56. The summed E-state index contributed by atoms with van der Waals surface area (Å²) in [6.45, 7) is 2.37. The van der Waals surface area contributed by atoms with E-state index in [0.717, 1.165) is 21.2 Å². The molecule has 0 amide bonds. The van der Waals surface area contributed by atoms with Crippen LogP contribution in [0.3, 0.4) is 0 Å². The van der Waals surface area contributed by atoms with Gasteiger partial charge in [0.15, 0.2) is 5.39 Å². The fraction of sp³-hybridized carbons (Fsp3) is 0.115. The minimum Gasteiger partial charge on any atom is -0.437 e. The van der Waals surface area contributed by atoms with Crippen LogP contribution in [-0.2, 0) is 13.0 Å². The van der Waals surface area contributed by atoms with Crippen LogP contribution in [0, 0.1) is 6.92 Å². The zero-order valence-electron chi connectivity index (χ0n) is 17.3. The van der Waals surface area contributed by atoms with E-state index in [4.69, 9.17) is 9.40 Å². The molecule has 0 fully saturated rings. The van der Waals surface area contributed by atoms with Gasteiger partial charge in [0.05, 0.1) is 5.39 Å². The van der Waals surface area contributed by atoms with Crippen molar-refractivity contribution in [3.63, 3.8) is 0 Å². The maximum absolute atomic E-state index is 13.7. The van der Waals surface area contributed by atoms with Gasteiger partial charge < -0.3 is 4.42 Å². The third-order valence-electron chi connectivity index (χ3n) is 5.61. The minimum atomic E-state index is -0.389. The van der Waals surface area contributed by atoms with Crippen LogP contribution in [0.15, 0.2) is 91.3 Å². The van der Waals surface area contributed by atoms with E-state index in [2.05, 4.69) is 15.9 Å². The third-order valence-corrected chi connectivity index (χ3v) is 6.10. The number of aryl methyl sites for hydroxylation is 2. The Morgan fingerprint density at radius 1 is 0.969 bits per heavy atom. The van der Waals surface area contributed by atoms with Gasteiger partial charge in [-0.1, -0.05) is 70.5 Å². The normalized spacial score (nSPS) is 11.3. The van der Waals surface area contributed by atoms with Crippen LogP contribution < -0.4 is 11.0 Å². The van der Waals surface area contributed by atoms with Crippen LogP contribution in [0.25, 0.3) is 33.5 Å². The van der Waals surface area contributed by atoms with Crippen LogP contribution in [0.5, 0.6) is 0 Å². The number of aromatic nitrogens is 2. The molecule has 0 aliphatic rings. The Morgan fingerprint density at radius 3 is 2.50 bits per heavy atom. The molecular weight excluding hydrogens is 468 g/mol. The SMILES string of the molecule is Cc1ccccc1-c1nc2oc3ccc(Br)cc3c(=O)c2c(=O)n1CCc1ccccc1. The van der Waals surface area contributed by atoms with Gasteiger partial charge in [0.25, 0.3) is 5.56 Å². The van der Waals surface area contributed by atoms with Gasteiger partial charge in [0.1, 0.15) is 11.4 Å². The molecule has 0 atom stereocenters. The van der Waals surface area contributed by atoms with E-state index in [1.807, 2.05) is 61.5 Å². The molecule has 0 N–H and O–H groups in total. The molecule has 2 heterocycles. The van der Waals surface area contributed by atoms with Gasteiger partial charge in [-0.15, -0.1) is 0 Å². The number of halogens is 1. The molecule has 0 saturated heterocycles. The topological polar surface area (TPSA) is 65.1 Å². The second-order valence-corrected chi connectivity index (χ2v) is 8.61. The quantitative estimate of drug-likeness (QED) is 0.315. The van der Waals surface area contributed by atoms with Crippen LogP contribution in [0.4, 0.5) is 0 Å². The van der Waals surface area contributed by atoms with Crippen molar-refractivity contribution < 1.29 is 4.42 Å². The minimum absolute atomic E-state index is 0.0269. The zero-order valence-corrected chi connectivity index (χ0v) is 18.9. The summed E-state index contributed by atoms with van der Waals surface area (Å²) in [5, 5.41) is 0.324. The van der Waals surface area contributed by atoms with E-state index in [1.165, 1.54) is 0 Å². The Balaban J connectivity index is 1.80. The van der Waals surface area contributed by atoms with Gasteiger partial charge in [-0.05, 0) is 42.7 Å². The lowest BCUT2D eigenvalue weighted by molar-refractivity contribution is 0.623. The number of hydrogen-bond donors (Lipinski definition) is 0. The van der Waals surface area contributed by atoms with Crippen molar-refractivity contribution in [2.45, 2.75) is 19.9 Å². The number of benzene rings is 3. The molecule has 6 heteroatoms. The molecule has 0 radical (unpaired) electrons. The largest absolute Gasteiger partial charge is 0.437 e. The highest BCUT2D eigenvalue weighted by molar-refractivity contribution is 9.10. The van der Waals surface area contributed by atoms with E-state index in [-0.39, 0.29) is 22.1 Å². The van der Waals surface area contributed by atoms with Gasteiger partial charge in [-0.3, -0.25) is 14.2 Å². The molecular formula is C26H19BrN2O3. The number of fused-ring (bicyclic) bond motifs is 2. The summed E-state index contributed by atoms with van der Waals surface area (Å²) < 4.78 is 8.27. The van der Waals surface area contributed by atoms with Crippen LogP contribution in [0.2, 0.25) is 0 Å². The molecule has 0 aliphatic carbocycles. The lowest BCUT2D eigenvalue weighted by Crippen LogP contribution is -2.28. The first-order valence-electron chi connectivity index (χ1n) is 10.3. The summed E-state index contributed by atoms with van der Waals surface area (Å²) in [5.74, 6) is 0.496. The molecule has 0 spiro atoms. The first-order chi connectivity index (χ1) is 15.5. The number of rotatable bonds is 4. The van der Waals surface area contributed by atoms with Crippen LogP contribution in [0.1, 0.15) is 11.1 Å². The average Bonchev–Trinajstić information content (AvgIpc) is 2.80. The van der Waals surface area contributed by atoms with E-state index < -0.39 is 0 Å². The van der Waals surface area contributed by atoms with E-state index >= 15 is 0 Å². The van der Waals surface area contributed by atoms with Crippen molar-refractivity contribution in [3.05, 3.63) is 109 Å². The van der Waals surface area contributed by atoms with Gasteiger partial charge in [-0.25, -0.2) is 0 Å². The predicted molar refractivity (Wildman–Crippen MR) is 130 cm³/mol. The van der Waals surface area contributed by atoms with Crippen LogP contribution in [-0.4, -0.2) is 9.55 Å². The van der Waals surface area contributed by atoms with Gasteiger partial charge in [0, 0.05) is 16.6 Å². The first-order valence-corrected chi connectivity index (χ1v) is 11.1. The Hall–Kier alpha value is -3.51. The molecule has 5 rings (SSSR count). The Bertz CT molecular complexity index is 1590. The maximum Gasteiger partial charge on any atom is 0.269 e. The highest BCUT2D eigenvalue weighted by Crippen LogP contribution is 2.24. The second-order valence-electron chi connectivity index (χ2n) is 7.69. The Labute approximate surface area is 192 Å². The standard InChI is InChI=1S/C26H19BrN2O3/c1-16-7-5-6-10-19(16)24-28-25-22(23(30)20-15-18(27)11-12-21(20)32-25)26(31)29(24)14-13-17-8-3-2-4-9-17/h2-12,15H,13-14H2,1H3. The number of nitrogens with zero attached hydrogens (tertiary/aromatic N) is 2. The van der Waals surface area contributed by atoms with Crippen molar-refractivity contribution in [1.29, 1.82) is 0 Å². The lowest BCUT2D eigenvalue weighted by Gasteiger charge is -2.15. The van der Waals surface area contributed by atoms with E-state index in [0.29, 0.717) is 29.8 Å². The molecule has 32 heavy (non-hydrogen) atoms. The molecule has 0 aliphatic heterocycles. The molecule has 2 aromatic heterocycles. The summed E-state index contributed by atoms with van der Waals surface area (Å²) in [5.41, 5.74) is 2.62. The summed E-state index contributed by atoms with van der Waals surface area (Å²) in [6, 6.07) is 22.9. The lowest BCUT2D eigenvalue weighted by atomic mass is 10.1. The fourth-order valence-electron chi connectivity index (χ4n) is 3.93. The van der Waals surface area contributed by atoms with Crippen molar-refractivity contribution in [2.75, 3.05) is 0 Å². The fourth-order valence-corrected chi connectivity index (χ4v) is 4.29. The molecule has 0 saturated carbocycles. The smallest absolute Gasteiger partial charge is 0.269 e. The molecule has 5 nitrogen and oxygen atoms in total. The van der Waals surface area contributed by atoms with Gasteiger partial charge in [0.2, 0.25) is 11.1 Å². The van der Waals surface area contributed by atoms with Crippen molar-refractivity contribution in [3.8, 4) is 11.4 Å². The average molecular weight is 487 g/mol. The molecule has 5 aromatic rings. The zero-order chi connectivity index (χ0) is 22.2. The van der Waals surface area contributed by atoms with Crippen LogP contribution >= 0.6 is 15.9 Å². The maximum atomic E-state index is 13.7. The second kappa shape index (κ2) is 8.20. The Morgan fingerprint density at radius 2 is 1.72 bits per heavy atom. The number of hydrogen-bond acceptors (Lipinski definition) is 4. The van der Waals surface area contributed by atoms with Crippen molar-refractivity contribution in [1.82, 2.24) is 9.55 Å². The molecule has 0 unspecified atom stereocenters. The molecule has 3 aromatic carbocycles. The van der Waals surface area contributed by atoms with Gasteiger partial charge >= 0.3 is 0 Å². The highest BCUT2D eigenvalue weighted by Gasteiger charge is 2.19. The summed E-state index contributed by atoms with van der Waals surface area (Å²) in [7, 11) is 0. The summed E-state index contributed by atoms with van der Waals surface area (Å²) in [6.07, 6.45) is 0.636. The van der Waals surface area contributed by atoms with E-state index in [9.17, 15) is 9.59 Å². The monoisotopic (exact) mass is 486 g/mol. The highest BCUT2D eigenvalue weighted by atomic mass is 79.9. The Kier molecular flexibility index (Phi) is 5.23. The molecule has 158 valence electrons. The predicted octanol–water partition coefficient (Wildman–Crippen LogP) is 5.48. The van der Waals surface area contributed by atoms with Crippen molar-refractivity contribution in [2.24, 2.45) is 0 Å². The van der Waals surface area contributed by atoms with Crippen molar-refractivity contribution >= 4 is 38.0 Å². The summed E-state index contributed by atoms with van der Waals surface area (Å²) in [4.78, 5) is 31.6.